The highest BCUT2D eigenvalue weighted by Gasteiger charge is 2.35. The SMILES string of the molecule is CC(C)(C)OC(=O)N1CCN(C2CCC(N)CC2F)CC1. The summed E-state index contributed by atoms with van der Waals surface area (Å²) in [5.41, 5.74) is 5.34. The summed E-state index contributed by atoms with van der Waals surface area (Å²) < 4.78 is 19.5. The highest BCUT2D eigenvalue weighted by Crippen LogP contribution is 2.26. The van der Waals surface area contributed by atoms with Gasteiger partial charge in [0, 0.05) is 38.3 Å². The zero-order valence-electron chi connectivity index (χ0n) is 13.3. The van der Waals surface area contributed by atoms with Crippen LogP contribution in [0, 0.1) is 0 Å². The topological polar surface area (TPSA) is 58.8 Å². The van der Waals surface area contributed by atoms with Gasteiger partial charge in [0.15, 0.2) is 0 Å². The second kappa shape index (κ2) is 6.48. The zero-order valence-corrected chi connectivity index (χ0v) is 13.3. The second-order valence-electron chi connectivity index (χ2n) is 7.16. The van der Waals surface area contributed by atoms with E-state index in [9.17, 15) is 9.18 Å². The van der Waals surface area contributed by atoms with Gasteiger partial charge < -0.3 is 15.4 Å². The van der Waals surface area contributed by atoms with Crippen molar-refractivity contribution in [3.63, 3.8) is 0 Å². The van der Waals surface area contributed by atoms with Gasteiger partial charge in [-0.25, -0.2) is 9.18 Å². The normalized spacial score (nSPS) is 32.0. The minimum absolute atomic E-state index is 0.000646. The monoisotopic (exact) mass is 301 g/mol. The minimum atomic E-state index is -0.846. The molecule has 1 aliphatic heterocycles. The van der Waals surface area contributed by atoms with Gasteiger partial charge in [0.2, 0.25) is 0 Å². The predicted molar refractivity (Wildman–Crippen MR) is 79.9 cm³/mol. The molecule has 0 radical (unpaired) electrons. The molecule has 0 spiro atoms. The van der Waals surface area contributed by atoms with Crippen molar-refractivity contribution in [2.45, 2.75) is 63.9 Å². The molecule has 6 heteroatoms. The average Bonchev–Trinajstić information content (AvgIpc) is 2.37. The van der Waals surface area contributed by atoms with E-state index in [4.69, 9.17) is 10.5 Å². The van der Waals surface area contributed by atoms with Crippen LogP contribution in [-0.2, 0) is 4.74 Å². The number of ether oxygens (including phenoxy) is 1. The Balaban J connectivity index is 1.82. The molecule has 0 aromatic carbocycles. The Bertz CT molecular complexity index is 364. The lowest BCUT2D eigenvalue weighted by molar-refractivity contribution is -0.00137. The molecule has 3 unspecified atom stereocenters. The molecule has 2 N–H and O–H groups in total. The summed E-state index contributed by atoms with van der Waals surface area (Å²) >= 11 is 0. The van der Waals surface area contributed by atoms with Crippen molar-refractivity contribution in [1.29, 1.82) is 0 Å². The molecular formula is C15H28FN3O2. The molecule has 2 aliphatic rings. The van der Waals surface area contributed by atoms with Crippen molar-refractivity contribution in [3.05, 3.63) is 0 Å². The number of amides is 1. The maximum atomic E-state index is 14.1. The van der Waals surface area contributed by atoms with E-state index in [1.165, 1.54) is 0 Å². The summed E-state index contributed by atoms with van der Waals surface area (Å²) in [5, 5.41) is 0. The summed E-state index contributed by atoms with van der Waals surface area (Å²) in [6, 6.07) is -0.0371. The summed E-state index contributed by atoms with van der Waals surface area (Å²) in [6.07, 6.45) is 1.04. The first-order valence-electron chi connectivity index (χ1n) is 7.88. The van der Waals surface area contributed by atoms with Gasteiger partial charge in [0.25, 0.3) is 0 Å². The maximum absolute atomic E-state index is 14.1. The molecule has 1 aliphatic carbocycles. The van der Waals surface area contributed by atoms with Crippen LogP contribution in [0.3, 0.4) is 0 Å². The molecule has 122 valence electrons. The Morgan fingerprint density at radius 1 is 1.19 bits per heavy atom. The van der Waals surface area contributed by atoms with Gasteiger partial charge in [-0.15, -0.1) is 0 Å². The van der Waals surface area contributed by atoms with E-state index >= 15 is 0 Å². The quantitative estimate of drug-likeness (QED) is 0.802. The van der Waals surface area contributed by atoms with Gasteiger partial charge in [-0.3, -0.25) is 4.90 Å². The second-order valence-corrected chi connectivity index (χ2v) is 7.16. The Morgan fingerprint density at radius 3 is 2.33 bits per heavy atom. The van der Waals surface area contributed by atoms with Crippen molar-refractivity contribution in [2.24, 2.45) is 5.73 Å². The average molecular weight is 301 g/mol. The molecule has 0 aromatic rings. The van der Waals surface area contributed by atoms with Crippen molar-refractivity contribution in [2.75, 3.05) is 26.2 Å². The standard InChI is InChI=1S/C15H28FN3O2/c1-15(2,3)21-14(20)19-8-6-18(7-9-19)13-5-4-11(17)10-12(13)16/h11-13H,4-10,17H2,1-3H3. The van der Waals surface area contributed by atoms with Crippen LogP contribution in [0.2, 0.25) is 0 Å². The fourth-order valence-corrected chi connectivity index (χ4v) is 3.10. The van der Waals surface area contributed by atoms with Crippen molar-refractivity contribution in [1.82, 2.24) is 9.80 Å². The first-order chi connectivity index (χ1) is 9.76. The summed E-state index contributed by atoms with van der Waals surface area (Å²) in [7, 11) is 0. The molecule has 1 saturated carbocycles. The smallest absolute Gasteiger partial charge is 0.410 e. The molecule has 1 heterocycles. The first-order valence-corrected chi connectivity index (χ1v) is 7.88. The minimum Gasteiger partial charge on any atom is -0.444 e. The summed E-state index contributed by atoms with van der Waals surface area (Å²) in [4.78, 5) is 15.9. The molecule has 3 atom stereocenters. The number of carbonyl (C=O) groups is 1. The summed E-state index contributed by atoms with van der Waals surface area (Å²) in [5.74, 6) is 0. The van der Waals surface area contributed by atoms with Crippen LogP contribution in [0.4, 0.5) is 9.18 Å². The van der Waals surface area contributed by atoms with E-state index < -0.39 is 11.8 Å². The van der Waals surface area contributed by atoms with E-state index in [1.807, 2.05) is 20.8 Å². The van der Waals surface area contributed by atoms with Gasteiger partial charge >= 0.3 is 6.09 Å². The van der Waals surface area contributed by atoms with E-state index in [-0.39, 0.29) is 18.2 Å². The molecule has 5 nitrogen and oxygen atoms in total. The number of piperazine rings is 1. The summed E-state index contributed by atoms with van der Waals surface area (Å²) in [6.45, 7) is 8.20. The fourth-order valence-electron chi connectivity index (χ4n) is 3.10. The van der Waals surface area contributed by atoms with Crippen molar-refractivity contribution >= 4 is 6.09 Å². The molecule has 2 fully saturated rings. The van der Waals surface area contributed by atoms with E-state index in [0.717, 1.165) is 12.8 Å². The van der Waals surface area contributed by atoms with Crippen LogP contribution >= 0.6 is 0 Å². The number of halogens is 1. The van der Waals surface area contributed by atoms with Crippen LogP contribution in [-0.4, -0.2) is 65.9 Å². The highest BCUT2D eigenvalue weighted by atomic mass is 19.1. The van der Waals surface area contributed by atoms with Crippen LogP contribution in [0.15, 0.2) is 0 Å². The Labute approximate surface area is 126 Å². The number of alkyl halides is 1. The van der Waals surface area contributed by atoms with Crippen molar-refractivity contribution in [3.8, 4) is 0 Å². The number of rotatable bonds is 1. The molecular weight excluding hydrogens is 273 g/mol. The number of carbonyl (C=O) groups excluding carboxylic acids is 1. The van der Waals surface area contributed by atoms with E-state index in [1.54, 1.807) is 4.90 Å². The third kappa shape index (κ3) is 4.54. The van der Waals surface area contributed by atoms with Gasteiger partial charge in [0.1, 0.15) is 11.8 Å². The third-order valence-electron chi connectivity index (χ3n) is 4.21. The molecule has 2 rings (SSSR count). The number of hydrogen-bond acceptors (Lipinski definition) is 4. The number of nitrogens with zero attached hydrogens (tertiary/aromatic N) is 2. The van der Waals surface area contributed by atoms with E-state index in [2.05, 4.69) is 4.90 Å². The van der Waals surface area contributed by atoms with Crippen LogP contribution in [0.5, 0.6) is 0 Å². The lowest BCUT2D eigenvalue weighted by Gasteiger charge is -2.43. The first kappa shape index (κ1) is 16.5. The van der Waals surface area contributed by atoms with Gasteiger partial charge in [-0.2, -0.15) is 0 Å². The third-order valence-corrected chi connectivity index (χ3v) is 4.21. The lowest BCUT2D eigenvalue weighted by atomic mass is 9.89. The van der Waals surface area contributed by atoms with Gasteiger partial charge in [-0.1, -0.05) is 0 Å². The van der Waals surface area contributed by atoms with Crippen LogP contribution in [0.25, 0.3) is 0 Å². The lowest BCUT2D eigenvalue weighted by Crippen LogP contribution is -2.56. The Hall–Kier alpha value is -0.880. The largest absolute Gasteiger partial charge is 0.444 e. The molecule has 1 saturated heterocycles. The highest BCUT2D eigenvalue weighted by molar-refractivity contribution is 5.68. The van der Waals surface area contributed by atoms with Gasteiger partial charge in [-0.05, 0) is 40.0 Å². The Kier molecular flexibility index (Phi) is 5.09. The molecule has 0 aromatic heterocycles. The fraction of sp³-hybridized carbons (Fsp3) is 0.933. The van der Waals surface area contributed by atoms with Gasteiger partial charge in [0.05, 0.1) is 0 Å². The zero-order chi connectivity index (χ0) is 15.6. The molecule has 21 heavy (non-hydrogen) atoms. The number of nitrogens with two attached hydrogens (primary N) is 1. The Morgan fingerprint density at radius 2 is 1.81 bits per heavy atom. The van der Waals surface area contributed by atoms with E-state index in [0.29, 0.717) is 32.6 Å². The van der Waals surface area contributed by atoms with Crippen LogP contribution in [0.1, 0.15) is 40.0 Å². The predicted octanol–water partition coefficient (Wildman–Crippen LogP) is 1.76. The van der Waals surface area contributed by atoms with Crippen LogP contribution < -0.4 is 5.73 Å². The maximum Gasteiger partial charge on any atom is 0.410 e. The molecule has 0 bridgehead atoms. The van der Waals surface area contributed by atoms with Crippen molar-refractivity contribution < 1.29 is 13.9 Å². The molecule has 1 amide bonds. The number of hydrogen-bond donors (Lipinski definition) is 1.